The average molecular weight is 428 g/mol. The SMILES string of the molecule is COc1ccc(S(=O)(=O)NCc2cccc(COCc3ccccc3)c2)cc1OC. The van der Waals surface area contributed by atoms with Crippen LogP contribution >= 0.6 is 0 Å². The molecule has 0 aromatic heterocycles. The molecule has 0 aliphatic heterocycles. The highest BCUT2D eigenvalue weighted by molar-refractivity contribution is 7.89. The van der Waals surface area contributed by atoms with Crippen LogP contribution in [0.15, 0.2) is 77.7 Å². The summed E-state index contributed by atoms with van der Waals surface area (Å²) in [6.07, 6.45) is 0. The van der Waals surface area contributed by atoms with Gasteiger partial charge in [-0.3, -0.25) is 0 Å². The highest BCUT2D eigenvalue weighted by Crippen LogP contribution is 2.29. The van der Waals surface area contributed by atoms with E-state index in [4.69, 9.17) is 14.2 Å². The normalized spacial score (nSPS) is 11.3. The van der Waals surface area contributed by atoms with Gasteiger partial charge in [-0.2, -0.15) is 0 Å². The van der Waals surface area contributed by atoms with Crippen LogP contribution in [0, 0.1) is 0 Å². The van der Waals surface area contributed by atoms with Crippen molar-refractivity contribution in [3.05, 3.63) is 89.5 Å². The molecule has 6 nitrogen and oxygen atoms in total. The van der Waals surface area contributed by atoms with Gasteiger partial charge >= 0.3 is 0 Å². The van der Waals surface area contributed by atoms with Gasteiger partial charge in [0.1, 0.15) is 0 Å². The van der Waals surface area contributed by atoms with Gasteiger partial charge in [-0.1, -0.05) is 54.6 Å². The van der Waals surface area contributed by atoms with E-state index in [2.05, 4.69) is 4.72 Å². The Morgan fingerprint density at radius 2 is 1.40 bits per heavy atom. The van der Waals surface area contributed by atoms with E-state index in [0.29, 0.717) is 24.7 Å². The third-order valence-electron chi connectivity index (χ3n) is 4.50. The van der Waals surface area contributed by atoms with Crippen LogP contribution in [0.4, 0.5) is 0 Å². The Bertz CT molecular complexity index is 1070. The summed E-state index contributed by atoms with van der Waals surface area (Å²) in [6.45, 7) is 1.14. The van der Waals surface area contributed by atoms with Crippen LogP contribution in [0.25, 0.3) is 0 Å². The highest BCUT2D eigenvalue weighted by atomic mass is 32.2. The van der Waals surface area contributed by atoms with Gasteiger partial charge in [-0.05, 0) is 28.8 Å². The van der Waals surface area contributed by atoms with Crippen molar-refractivity contribution in [3.8, 4) is 11.5 Å². The van der Waals surface area contributed by atoms with Gasteiger partial charge in [0.2, 0.25) is 10.0 Å². The molecule has 3 aromatic rings. The van der Waals surface area contributed by atoms with Crippen molar-refractivity contribution >= 4 is 10.0 Å². The van der Waals surface area contributed by atoms with Crippen LogP contribution < -0.4 is 14.2 Å². The first-order valence-corrected chi connectivity index (χ1v) is 10.9. The molecule has 0 saturated carbocycles. The molecular weight excluding hydrogens is 402 g/mol. The molecule has 3 aromatic carbocycles. The maximum absolute atomic E-state index is 12.7. The Hall–Kier alpha value is -2.87. The zero-order valence-corrected chi connectivity index (χ0v) is 17.8. The van der Waals surface area contributed by atoms with E-state index in [1.54, 1.807) is 6.07 Å². The Morgan fingerprint density at radius 3 is 2.13 bits per heavy atom. The first kappa shape index (κ1) is 21.8. The molecule has 0 bridgehead atoms. The fourth-order valence-corrected chi connectivity index (χ4v) is 3.97. The molecule has 0 amide bonds. The third-order valence-corrected chi connectivity index (χ3v) is 5.90. The Labute approximate surface area is 177 Å². The zero-order valence-electron chi connectivity index (χ0n) is 17.0. The van der Waals surface area contributed by atoms with Crippen LogP contribution in [-0.2, 0) is 34.5 Å². The number of hydrogen-bond acceptors (Lipinski definition) is 5. The van der Waals surface area contributed by atoms with Gasteiger partial charge in [0.25, 0.3) is 0 Å². The van der Waals surface area contributed by atoms with Gasteiger partial charge in [0.05, 0.1) is 32.3 Å². The minimum atomic E-state index is -3.70. The van der Waals surface area contributed by atoms with Gasteiger partial charge < -0.3 is 14.2 Å². The summed E-state index contributed by atoms with van der Waals surface area (Å²) in [6, 6.07) is 22.1. The molecule has 0 aliphatic rings. The van der Waals surface area contributed by atoms with Crippen LogP contribution in [0.1, 0.15) is 16.7 Å². The Morgan fingerprint density at radius 1 is 0.733 bits per heavy atom. The molecule has 0 radical (unpaired) electrons. The fraction of sp³-hybridized carbons (Fsp3) is 0.217. The van der Waals surface area contributed by atoms with Crippen molar-refractivity contribution in [1.82, 2.24) is 4.72 Å². The maximum Gasteiger partial charge on any atom is 0.241 e. The van der Waals surface area contributed by atoms with Crippen LogP contribution in [0.2, 0.25) is 0 Å². The Balaban J connectivity index is 1.60. The number of sulfonamides is 1. The first-order chi connectivity index (χ1) is 14.5. The molecule has 3 rings (SSSR count). The minimum absolute atomic E-state index is 0.113. The second-order valence-electron chi connectivity index (χ2n) is 6.64. The predicted molar refractivity (Wildman–Crippen MR) is 115 cm³/mol. The van der Waals surface area contributed by atoms with Crippen molar-refractivity contribution < 1.29 is 22.6 Å². The van der Waals surface area contributed by atoms with Crippen molar-refractivity contribution in [2.45, 2.75) is 24.7 Å². The standard InChI is InChI=1S/C23H25NO5S/c1-27-22-12-11-21(14-23(22)28-2)30(25,26)24-15-19-9-6-10-20(13-19)17-29-16-18-7-4-3-5-8-18/h3-14,24H,15-17H2,1-2H3. The quantitative estimate of drug-likeness (QED) is 0.531. The number of methoxy groups -OCH3 is 2. The molecule has 0 heterocycles. The number of ether oxygens (including phenoxy) is 3. The number of benzene rings is 3. The van der Waals surface area contributed by atoms with Crippen LogP contribution in [-0.4, -0.2) is 22.6 Å². The summed E-state index contributed by atoms with van der Waals surface area (Å²) in [5.74, 6) is 0.831. The highest BCUT2D eigenvalue weighted by Gasteiger charge is 2.17. The summed E-state index contributed by atoms with van der Waals surface area (Å²) in [4.78, 5) is 0.113. The second kappa shape index (κ2) is 10.2. The summed E-state index contributed by atoms with van der Waals surface area (Å²) in [5.41, 5.74) is 2.94. The zero-order chi connectivity index (χ0) is 21.4. The smallest absolute Gasteiger partial charge is 0.241 e. The summed E-state index contributed by atoms with van der Waals surface area (Å²) in [5, 5.41) is 0. The van der Waals surface area contributed by atoms with Crippen LogP contribution in [0.3, 0.4) is 0 Å². The molecule has 0 atom stereocenters. The van der Waals surface area contributed by atoms with Gasteiger partial charge in [-0.25, -0.2) is 13.1 Å². The van der Waals surface area contributed by atoms with Gasteiger partial charge in [-0.15, -0.1) is 0 Å². The van der Waals surface area contributed by atoms with E-state index in [-0.39, 0.29) is 11.4 Å². The largest absolute Gasteiger partial charge is 0.493 e. The van der Waals surface area contributed by atoms with E-state index < -0.39 is 10.0 Å². The van der Waals surface area contributed by atoms with Crippen LogP contribution in [0.5, 0.6) is 11.5 Å². The molecule has 0 spiro atoms. The number of hydrogen-bond donors (Lipinski definition) is 1. The summed E-state index contributed by atoms with van der Waals surface area (Å²) < 4.78 is 44.0. The number of nitrogens with one attached hydrogen (secondary N) is 1. The fourth-order valence-electron chi connectivity index (χ4n) is 2.94. The number of rotatable bonds is 10. The summed E-state index contributed by atoms with van der Waals surface area (Å²) >= 11 is 0. The molecule has 0 unspecified atom stereocenters. The predicted octanol–water partition coefficient (Wildman–Crippen LogP) is 3.90. The molecule has 158 valence electrons. The summed E-state index contributed by atoms with van der Waals surface area (Å²) in [7, 11) is -0.733. The molecule has 7 heteroatoms. The van der Waals surface area contributed by atoms with Gasteiger partial charge in [0.15, 0.2) is 11.5 Å². The Kier molecular flexibility index (Phi) is 7.46. The van der Waals surface area contributed by atoms with E-state index in [1.165, 1.54) is 26.4 Å². The van der Waals surface area contributed by atoms with Crippen molar-refractivity contribution in [1.29, 1.82) is 0 Å². The topological polar surface area (TPSA) is 73.9 Å². The molecule has 0 fully saturated rings. The molecular formula is C23H25NO5S. The molecule has 30 heavy (non-hydrogen) atoms. The lowest BCUT2D eigenvalue weighted by Gasteiger charge is -2.11. The monoisotopic (exact) mass is 427 g/mol. The van der Waals surface area contributed by atoms with Crippen molar-refractivity contribution in [3.63, 3.8) is 0 Å². The minimum Gasteiger partial charge on any atom is -0.493 e. The maximum atomic E-state index is 12.7. The lowest BCUT2D eigenvalue weighted by molar-refractivity contribution is 0.107. The van der Waals surface area contributed by atoms with E-state index >= 15 is 0 Å². The molecule has 0 aliphatic carbocycles. The van der Waals surface area contributed by atoms with Crippen molar-refractivity contribution in [2.75, 3.05) is 14.2 Å². The van der Waals surface area contributed by atoms with E-state index in [1.807, 2.05) is 54.6 Å². The lowest BCUT2D eigenvalue weighted by Crippen LogP contribution is -2.23. The van der Waals surface area contributed by atoms with E-state index in [9.17, 15) is 8.42 Å². The molecule has 0 saturated heterocycles. The van der Waals surface area contributed by atoms with Gasteiger partial charge in [0, 0.05) is 12.6 Å². The van der Waals surface area contributed by atoms with E-state index in [0.717, 1.165) is 16.7 Å². The lowest BCUT2D eigenvalue weighted by atomic mass is 10.1. The molecule has 1 N–H and O–H groups in total. The third kappa shape index (κ3) is 5.82. The average Bonchev–Trinajstić information content (AvgIpc) is 2.78. The van der Waals surface area contributed by atoms with Crippen molar-refractivity contribution in [2.24, 2.45) is 0 Å². The second-order valence-corrected chi connectivity index (χ2v) is 8.41. The first-order valence-electron chi connectivity index (χ1n) is 9.43.